The standard InChI is InChI=1S/C10H14N4/c1-11-6-4-10-8(7-13-14-10)9-3-2-5-12-9/h2-3,5,7,11-12H,4,6H2,1H3,(H,13,14). The van der Waals surface area contributed by atoms with Crippen LogP contribution in [0.4, 0.5) is 0 Å². The van der Waals surface area contributed by atoms with Gasteiger partial charge in [-0.15, -0.1) is 0 Å². The molecule has 0 aliphatic heterocycles. The number of rotatable bonds is 4. The molecule has 4 nitrogen and oxygen atoms in total. The first-order chi connectivity index (χ1) is 6.92. The van der Waals surface area contributed by atoms with Crippen LogP contribution in [0.3, 0.4) is 0 Å². The van der Waals surface area contributed by atoms with Gasteiger partial charge in [0, 0.05) is 36.1 Å². The molecule has 0 spiro atoms. The summed E-state index contributed by atoms with van der Waals surface area (Å²) in [4.78, 5) is 3.18. The zero-order chi connectivity index (χ0) is 9.80. The van der Waals surface area contributed by atoms with Crippen molar-refractivity contribution in [2.75, 3.05) is 13.6 Å². The van der Waals surface area contributed by atoms with Crippen LogP contribution in [0.2, 0.25) is 0 Å². The maximum atomic E-state index is 4.06. The molecule has 0 bridgehead atoms. The van der Waals surface area contributed by atoms with E-state index in [9.17, 15) is 0 Å². The molecule has 0 aliphatic carbocycles. The van der Waals surface area contributed by atoms with Crippen LogP contribution >= 0.6 is 0 Å². The highest BCUT2D eigenvalue weighted by Gasteiger charge is 2.06. The van der Waals surface area contributed by atoms with Gasteiger partial charge in [0.15, 0.2) is 0 Å². The minimum Gasteiger partial charge on any atom is -0.361 e. The van der Waals surface area contributed by atoms with Crippen molar-refractivity contribution in [3.8, 4) is 11.3 Å². The van der Waals surface area contributed by atoms with E-state index >= 15 is 0 Å². The van der Waals surface area contributed by atoms with Gasteiger partial charge in [0.2, 0.25) is 0 Å². The molecule has 74 valence electrons. The van der Waals surface area contributed by atoms with Gasteiger partial charge in [-0.1, -0.05) is 0 Å². The quantitative estimate of drug-likeness (QED) is 0.677. The third-order valence-electron chi connectivity index (χ3n) is 2.23. The summed E-state index contributed by atoms with van der Waals surface area (Å²) in [7, 11) is 1.95. The van der Waals surface area contributed by atoms with E-state index in [1.165, 1.54) is 5.69 Å². The third-order valence-corrected chi connectivity index (χ3v) is 2.23. The van der Waals surface area contributed by atoms with Crippen molar-refractivity contribution in [2.45, 2.75) is 6.42 Å². The van der Waals surface area contributed by atoms with Crippen LogP contribution in [0.1, 0.15) is 5.69 Å². The minimum atomic E-state index is 0.954. The average Bonchev–Trinajstić information content (AvgIpc) is 2.84. The summed E-state index contributed by atoms with van der Waals surface area (Å²) in [6.07, 6.45) is 4.74. The topological polar surface area (TPSA) is 56.5 Å². The van der Waals surface area contributed by atoms with Crippen molar-refractivity contribution in [1.29, 1.82) is 0 Å². The monoisotopic (exact) mass is 190 g/mol. The van der Waals surface area contributed by atoms with Gasteiger partial charge in [-0.05, 0) is 19.2 Å². The van der Waals surface area contributed by atoms with Crippen LogP contribution in [0.5, 0.6) is 0 Å². The Morgan fingerprint density at radius 3 is 3.14 bits per heavy atom. The summed E-state index contributed by atoms with van der Waals surface area (Å²) in [5.41, 5.74) is 3.44. The molecule has 2 aromatic heterocycles. The zero-order valence-corrected chi connectivity index (χ0v) is 8.17. The van der Waals surface area contributed by atoms with Crippen LogP contribution in [0, 0.1) is 0 Å². The van der Waals surface area contributed by atoms with Gasteiger partial charge in [0.05, 0.1) is 6.20 Å². The van der Waals surface area contributed by atoms with Crippen LogP contribution in [-0.2, 0) is 6.42 Å². The number of likely N-dealkylation sites (N-methyl/N-ethyl adjacent to an activating group) is 1. The molecule has 0 amide bonds. The van der Waals surface area contributed by atoms with Crippen molar-refractivity contribution < 1.29 is 0 Å². The highest BCUT2D eigenvalue weighted by molar-refractivity contribution is 5.61. The Labute approximate surface area is 82.7 Å². The lowest BCUT2D eigenvalue weighted by atomic mass is 10.1. The number of H-pyrrole nitrogens is 2. The maximum Gasteiger partial charge on any atom is 0.0583 e. The molecule has 2 rings (SSSR count). The Bertz CT molecular complexity index is 374. The van der Waals surface area contributed by atoms with Crippen LogP contribution in [0.15, 0.2) is 24.5 Å². The van der Waals surface area contributed by atoms with Crippen molar-refractivity contribution in [3.63, 3.8) is 0 Å². The number of aromatic amines is 2. The van der Waals surface area contributed by atoms with Gasteiger partial charge in [-0.3, -0.25) is 5.10 Å². The Hall–Kier alpha value is -1.55. The predicted molar refractivity (Wildman–Crippen MR) is 56.0 cm³/mol. The first-order valence-corrected chi connectivity index (χ1v) is 4.72. The van der Waals surface area contributed by atoms with E-state index in [-0.39, 0.29) is 0 Å². The molecule has 0 saturated heterocycles. The molecule has 0 unspecified atom stereocenters. The van der Waals surface area contributed by atoms with Gasteiger partial charge in [0.25, 0.3) is 0 Å². The molecule has 0 radical (unpaired) electrons. The summed E-state index contributed by atoms with van der Waals surface area (Å²) in [5.74, 6) is 0. The fourth-order valence-corrected chi connectivity index (χ4v) is 1.48. The fraction of sp³-hybridized carbons (Fsp3) is 0.300. The molecule has 4 heteroatoms. The van der Waals surface area contributed by atoms with Gasteiger partial charge in [0.1, 0.15) is 0 Å². The molecular weight excluding hydrogens is 176 g/mol. The third kappa shape index (κ3) is 1.70. The lowest BCUT2D eigenvalue weighted by Crippen LogP contribution is -2.11. The fourth-order valence-electron chi connectivity index (χ4n) is 1.48. The van der Waals surface area contributed by atoms with E-state index in [1.54, 1.807) is 0 Å². The van der Waals surface area contributed by atoms with Crippen molar-refractivity contribution >= 4 is 0 Å². The summed E-state index contributed by atoms with van der Waals surface area (Å²) < 4.78 is 0. The normalized spacial score (nSPS) is 10.6. The van der Waals surface area contributed by atoms with E-state index in [0.29, 0.717) is 0 Å². The summed E-state index contributed by atoms with van der Waals surface area (Å²) in [6, 6.07) is 4.04. The molecule has 14 heavy (non-hydrogen) atoms. The maximum absolute atomic E-state index is 4.06. The molecule has 2 heterocycles. The van der Waals surface area contributed by atoms with Crippen molar-refractivity contribution in [2.24, 2.45) is 0 Å². The zero-order valence-electron chi connectivity index (χ0n) is 8.17. The SMILES string of the molecule is CNCCc1[nH]ncc1-c1ccc[nH]1. The summed E-state index contributed by atoms with van der Waals surface area (Å²) in [6.45, 7) is 0.954. The van der Waals surface area contributed by atoms with E-state index in [2.05, 4.69) is 20.5 Å². The Balaban J connectivity index is 2.22. The highest BCUT2D eigenvalue weighted by atomic mass is 15.1. The number of nitrogens with one attached hydrogen (secondary N) is 3. The van der Waals surface area contributed by atoms with Crippen molar-refractivity contribution in [3.05, 3.63) is 30.2 Å². The predicted octanol–water partition coefficient (Wildman–Crippen LogP) is 1.17. The van der Waals surface area contributed by atoms with Crippen LogP contribution < -0.4 is 5.32 Å². The Morgan fingerprint density at radius 1 is 1.50 bits per heavy atom. The lowest BCUT2D eigenvalue weighted by molar-refractivity contribution is 0.773. The molecule has 0 fully saturated rings. The molecule has 3 N–H and O–H groups in total. The second-order valence-electron chi connectivity index (χ2n) is 3.20. The van der Waals surface area contributed by atoms with Gasteiger partial charge in [-0.2, -0.15) is 5.10 Å². The van der Waals surface area contributed by atoms with Crippen molar-refractivity contribution in [1.82, 2.24) is 20.5 Å². The van der Waals surface area contributed by atoms with E-state index in [4.69, 9.17) is 0 Å². The highest BCUT2D eigenvalue weighted by Crippen LogP contribution is 2.19. The molecular formula is C10H14N4. The van der Waals surface area contributed by atoms with E-state index in [1.807, 2.05) is 31.6 Å². The summed E-state index contributed by atoms with van der Waals surface area (Å²) in [5, 5.41) is 10.2. The summed E-state index contributed by atoms with van der Waals surface area (Å²) >= 11 is 0. The van der Waals surface area contributed by atoms with Crippen LogP contribution in [0.25, 0.3) is 11.3 Å². The first kappa shape index (κ1) is 9.02. The molecule has 0 aromatic carbocycles. The largest absolute Gasteiger partial charge is 0.361 e. The Morgan fingerprint density at radius 2 is 2.43 bits per heavy atom. The van der Waals surface area contributed by atoms with Gasteiger partial charge >= 0.3 is 0 Å². The second-order valence-corrected chi connectivity index (χ2v) is 3.20. The smallest absolute Gasteiger partial charge is 0.0583 e. The first-order valence-electron chi connectivity index (χ1n) is 4.72. The van der Waals surface area contributed by atoms with Gasteiger partial charge in [-0.25, -0.2) is 0 Å². The number of nitrogens with zero attached hydrogens (tertiary/aromatic N) is 1. The minimum absolute atomic E-state index is 0.954. The number of hydrogen-bond donors (Lipinski definition) is 3. The average molecular weight is 190 g/mol. The van der Waals surface area contributed by atoms with Gasteiger partial charge < -0.3 is 10.3 Å². The van der Waals surface area contributed by atoms with Crippen LogP contribution in [-0.4, -0.2) is 28.8 Å². The van der Waals surface area contributed by atoms with E-state index < -0.39 is 0 Å². The molecule has 0 saturated carbocycles. The number of aromatic nitrogens is 3. The number of hydrogen-bond acceptors (Lipinski definition) is 2. The molecule has 0 aliphatic rings. The lowest BCUT2D eigenvalue weighted by Gasteiger charge is -2.00. The van der Waals surface area contributed by atoms with E-state index in [0.717, 1.165) is 24.2 Å². The molecule has 0 atom stereocenters. The Kier molecular flexibility index (Phi) is 2.65. The second kappa shape index (κ2) is 4.11. The molecule has 2 aromatic rings.